The maximum absolute atomic E-state index is 5.65. The Kier molecular flexibility index (Phi) is 34.8. The van der Waals surface area contributed by atoms with Gasteiger partial charge in [-0.25, -0.2) is 15.0 Å². The number of para-hydroxylation sites is 7. The molecular formula is C92H95N5OS. The molecule has 0 aliphatic rings. The standard InChI is InChI=1S/C21H15N3.C18H15N.C13H13N.C12H8O.C12H8S.C6H6.5C2H6/c1-4-10-16(11-5-1)19-22-20(17-12-6-2-7-13-17)24-21(23-19)18-14-8-3-9-15-18;1-4-10-16(11-5-1)19(17-12-6-2-7-13-17)18-14-8-3-9-15-18;1-14(12-8-4-2-5-9-12)13-10-6-3-7-11-13;2*1-3-7-11-9(5-1)10-6-2-4-8-12(10)13-11;1-2-4-6-5-3-1;5*1-2/h1-15H;1-15H;2-11H,1H3;2*1-8H;1-6H;5*1-2H3. The summed E-state index contributed by atoms with van der Waals surface area (Å²) < 4.78 is 8.41. The predicted octanol–water partition coefficient (Wildman–Crippen LogP) is 27.9. The van der Waals surface area contributed by atoms with Gasteiger partial charge in [-0.2, -0.15) is 0 Å². The average Bonchev–Trinajstić information content (AvgIpc) is 1.76. The van der Waals surface area contributed by atoms with Gasteiger partial charge in [-0.15, -0.1) is 11.3 Å². The highest BCUT2D eigenvalue weighted by molar-refractivity contribution is 7.25. The summed E-state index contributed by atoms with van der Waals surface area (Å²) in [6.07, 6.45) is 0. The van der Waals surface area contributed by atoms with E-state index in [4.69, 9.17) is 4.42 Å². The summed E-state index contributed by atoms with van der Waals surface area (Å²) in [4.78, 5) is 18.4. The third-order valence-electron chi connectivity index (χ3n) is 14.3. The number of benzene rings is 13. The van der Waals surface area contributed by atoms with Crippen LogP contribution in [0.25, 0.3) is 76.3 Å². The first kappa shape index (κ1) is 76.5. The maximum Gasteiger partial charge on any atom is 0.164 e. The Morgan fingerprint density at radius 2 is 0.424 bits per heavy atom. The summed E-state index contributed by atoms with van der Waals surface area (Å²) in [5, 5.41) is 5.14. The minimum atomic E-state index is 0.684. The van der Waals surface area contributed by atoms with E-state index in [0.717, 1.165) is 27.9 Å². The third-order valence-corrected chi connectivity index (χ3v) is 15.4. The van der Waals surface area contributed by atoms with Crippen LogP contribution < -0.4 is 9.80 Å². The van der Waals surface area contributed by atoms with Crippen LogP contribution in [0, 0.1) is 0 Å². The van der Waals surface area contributed by atoms with Crippen molar-refractivity contribution in [3.63, 3.8) is 0 Å². The van der Waals surface area contributed by atoms with E-state index < -0.39 is 0 Å². The molecular weight excluding hydrogens is 1220 g/mol. The van der Waals surface area contributed by atoms with Gasteiger partial charge in [0, 0.05) is 83.1 Å². The second-order valence-corrected chi connectivity index (χ2v) is 21.4. The molecule has 7 heteroatoms. The first-order chi connectivity index (χ1) is 49.1. The van der Waals surface area contributed by atoms with Crippen molar-refractivity contribution in [2.75, 3.05) is 16.8 Å². The van der Waals surface area contributed by atoms with E-state index in [2.05, 4.69) is 214 Å². The highest BCUT2D eigenvalue weighted by Crippen LogP contribution is 2.35. The van der Waals surface area contributed by atoms with Crippen LogP contribution >= 0.6 is 11.3 Å². The largest absolute Gasteiger partial charge is 0.456 e. The molecule has 99 heavy (non-hydrogen) atoms. The number of anilines is 5. The van der Waals surface area contributed by atoms with Crippen LogP contribution in [0.2, 0.25) is 0 Å². The highest BCUT2D eigenvalue weighted by Gasteiger charge is 2.13. The SMILES string of the molecule is CC.CC.CC.CC.CC.CN(c1ccccc1)c1ccccc1.c1ccc(-c2nc(-c3ccccc3)nc(-c3ccccc3)n2)cc1.c1ccc(N(c2ccccc2)c2ccccc2)cc1.c1ccc2c(c1)oc1ccccc12.c1ccc2c(c1)sc1ccccc12.c1ccccc1. The number of aromatic nitrogens is 3. The minimum absolute atomic E-state index is 0.684. The highest BCUT2D eigenvalue weighted by atomic mass is 32.1. The van der Waals surface area contributed by atoms with E-state index in [-0.39, 0.29) is 0 Å². The second kappa shape index (κ2) is 45.0. The Balaban J connectivity index is 0.000000188. The molecule has 13 aromatic carbocycles. The van der Waals surface area contributed by atoms with Crippen molar-refractivity contribution >= 4 is 81.9 Å². The number of thiophene rings is 1. The van der Waals surface area contributed by atoms with Crippen LogP contribution in [0.5, 0.6) is 0 Å². The summed E-state index contributed by atoms with van der Waals surface area (Å²) in [7, 11) is 2.07. The predicted molar refractivity (Wildman–Crippen MR) is 434 cm³/mol. The van der Waals surface area contributed by atoms with E-state index in [1.165, 1.54) is 59.4 Å². The lowest BCUT2D eigenvalue weighted by molar-refractivity contribution is 0.669. The van der Waals surface area contributed by atoms with E-state index in [0.29, 0.717) is 17.5 Å². The van der Waals surface area contributed by atoms with Crippen LogP contribution in [0.4, 0.5) is 28.4 Å². The first-order valence-corrected chi connectivity index (χ1v) is 35.4. The first-order valence-electron chi connectivity index (χ1n) is 34.6. The number of furan rings is 1. The van der Waals surface area contributed by atoms with Crippen LogP contribution in [0.15, 0.2) is 381 Å². The van der Waals surface area contributed by atoms with Gasteiger partial charge < -0.3 is 14.2 Å². The molecule has 0 atom stereocenters. The summed E-state index contributed by atoms with van der Waals surface area (Å²) in [5.74, 6) is 2.05. The Labute approximate surface area is 593 Å². The molecule has 0 amide bonds. The average molecular weight is 1320 g/mol. The molecule has 16 rings (SSSR count). The van der Waals surface area contributed by atoms with E-state index in [1.807, 2.05) is 275 Å². The summed E-state index contributed by atoms with van der Waals surface area (Å²) >= 11 is 1.86. The molecule has 0 saturated heterocycles. The van der Waals surface area contributed by atoms with Crippen LogP contribution in [0.1, 0.15) is 69.2 Å². The number of fused-ring (bicyclic) bond motifs is 6. The minimum Gasteiger partial charge on any atom is -0.456 e. The second-order valence-electron chi connectivity index (χ2n) is 20.3. The molecule has 3 heterocycles. The molecule has 0 spiro atoms. The normalized spacial score (nSPS) is 9.57. The fourth-order valence-electron chi connectivity index (χ4n) is 9.89. The quantitative estimate of drug-likeness (QED) is 0.151. The van der Waals surface area contributed by atoms with E-state index in [1.54, 1.807) is 0 Å². The Bertz CT molecular complexity index is 4150. The van der Waals surface area contributed by atoms with Crippen molar-refractivity contribution in [2.24, 2.45) is 0 Å². The zero-order valence-electron chi connectivity index (χ0n) is 59.3. The van der Waals surface area contributed by atoms with Crippen LogP contribution in [0.3, 0.4) is 0 Å². The molecule has 0 unspecified atom stereocenters. The Hall–Kier alpha value is -11.5. The van der Waals surface area contributed by atoms with Gasteiger partial charge in [0.25, 0.3) is 0 Å². The lowest BCUT2D eigenvalue weighted by atomic mass is 10.1. The topological polar surface area (TPSA) is 58.3 Å². The molecule has 6 nitrogen and oxygen atoms in total. The molecule has 0 bridgehead atoms. The zero-order valence-corrected chi connectivity index (χ0v) is 60.2. The Morgan fingerprint density at radius 3 is 0.697 bits per heavy atom. The smallest absolute Gasteiger partial charge is 0.164 e. The van der Waals surface area contributed by atoms with Gasteiger partial charge in [0.2, 0.25) is 0 Å². The fraction of sp³-hybridized carbons (Fsp3) is 0.120. The van der Waals surface area contributed by atoms with Gasteiger partial charge >= 0.3 is 0 Å². The third kappa shape index (κ3) is 23.4. The van der Waals surface area contributed by atoms with Crippen molar-refractivity contribution in [2.45, 2.75) is 69.2 Å². The lowest BCUT2D eigenvalue weighted by Crippen LogP contribution is -2.09. The molecule has 3 aromatic heterocycles. The number of hydrogen-bond donors (Lipinski definition) is 0. The van der Waals surface area contributed by atoms with Gasteiger partial charge in [0.1, 0.15) is 11.2 Å². The summed E-state index contributed by atoms with van der Waals surface area (Å²) in [6, 6.07) is 127. The van der Waals surface area contributed by atoms with Gasteiger partial charge in [0.15, 0.2) is 17.5 Å². The molecule has 0 aliphatic carbocycles. The van der Waals surface area contributed by atoms with Gasteiger partial charge in [-0.3, -0.25) is 0 Å². The van der Waals surface area contributed by atoms with Gasteiger partial charge in [0.05, 0.1) is 0 Å². The van der Waals surface area contributed by atoms with Crippen molar-refractivity contribution in [3.8, 4) is 34.2 Å². The molecule has 0 saturated carbocycles. The van der Waals surface area contributed by atoms with Gasteiger partial charge in [-0.1, -0.05) is 360 Å². The number of hydrogen-bond acceptors (Lipinski definition) is 7. The molecule has 0 N–H and O–H groups in total. The molecule has 0 fully saturated rings. The summed E-state index contributed by atoms with van der Waals surface area (Å²) in [5.41, 5.74) is 10.8. The monoisotopic (exact) mass is 1320 g/mol. The molecule has 16 aromatic rings. The molecule has 0 radical (unpaired) electrons. The van der Waals surface area contributed by atoms with Crippen molar-refractivity contribution in [3.05, 3.63) is 376 Å². The van der Waals surface area contributed by atoms with Crippen molar-refractivity contribution in [1.82, 2.24) is 15.0 Å². The van der Waals surface area contributed by atoms with Crippen LogP contribution in [-0.4, -0.2) is 22.0 Å². The Morgan fingerprint density at radius 1 is 0.222 bits per heavy atom. The van der Waals surface area contributed by atoms with Crippen molar-refractivity contribution < 1.29 is 4.42 Å². The molecule has 500 valence electrons. The van der Waals surface area contributed by atoms with E-state index >= 15 is 0 Å². The number of nitrogens with zero attached hydrogens (tertiary/aromatic N) is 5. The summed E-state index contributed by atoms with van der Waals surface area (Å²) in [6.45, 7) is 20.0. The zero-order chi connectivity index (χ0) is 70.5. The maximum atomic E-state index is 5.65. The van der Waals surface area contributed by atoms with Gasteiger partial charge in [-0.05, 0) is 84.9 Å². The molecule has 0 aliphatic heterocycles. The number of rotatable bonds is 8. The van der Waals surface area contributed by atoms with Crippen LogP contribution in [-0.2, 0) is 0 Å². The fourth-order valence-corrected chi connectivity index (χ4v) is 11.0. The van der Waals surface area contributed by atoms with Crippen molar-refractivity contribution in [1.29, 1.82) is 0 Å². The lowest BCUT2D eigenvalue weighted by Gasteiger charge is -2.25. The van der Waals surface area contributed by atoms with E-state index in [9.17, 15) is 0 Å².